The molecular formula is C19H24N2O4. The summed E-state index contributed by atoms with van der Waals surface area (Å²) in [6, 6.07) is 6.92. The van der Waals surface area contributed by atoms with Crippen molar-refractivity contribution >= 4 is 11.9 Å². The summed E-state index contributed by atoms with van der Waals surface area (Å²) < 4.78 is 0. The first-order valence-electron chi connectivity index (χ1n) is 8.70. The zero-order valence-electron chi connectivity index (χ0n) is 14.2. The minimum atomic E-state index is -0.948. The summed E-state index contributed by atoms with van der Waals surface area (Å²) in [5, 5.41) is 19.6. The van der Waals surface area contributed by atoms with Gasteiger partial charge in [-0.25, -0.2) is 4.79 Å². The second kappa shape index (κ2) is 7.80. The standard InChI is InChI=1S/C19H24N2O4/c22-16-12-20(11-15-7-3-4-8-17(15)19(24)25)9-10-21(13-16)18(23)14-5-1-2-6-14/h1-4,7-8,14,16,22H,5-6,9-13H2,(H,24,25)/t16-/m0/s1. The molecule has 6 heteroatoms. The topological polar surface area (TPSA) is 81.1 Å². The van der Waals surface area contributed by atoms with Gasteiger partial charge in [-0.1, -0.05) is 30.4 Å². The maximum Gasteiger partial charge on any atom is 0.336 e. The molecule has 0 spiro atoms. The SMILES string of the molecule is O=C(O)c1ccccc1CN1CCN(C(=O)C2CC=CC2)C[C@@H](O)C1. The van der Waals surface area contributed by atoms with Gasteiger partial charge in [0, 0.05) is 38.6 Å². The molecule has 0 bridgehead atoms. The van der Waals surface area contributed by atoms with E-state index in [0.29, 0.717) is 32.7 Å². The van der Waals surface area contributed by atoms with E-state index in [9.17, 15) is 19.8 Å². The van der Waals surface area contributed by atoms with Crippen molar-refractivity contribution in [3.8, 4) is 0 Å². The number of carbonyl (C=O) groups is 2. The quantitative estimate of drug-likeness (QED) is 0.806. The zero-order valence-corrected chi connectivity index (χ0v) is 14.2. The first kappa shape index (κ1) is 17.6. The summed E-state index contributed by atoms with van der Waals surface area (Å²) >= 11 is 0. The summed E-state index contributed by atoms with van der Waals surface area (Å²) in [5.41, 5.74) is 1.01. The van der Waals surface area contributed by atoms with Gasteiger partial charge in [0.25, 0.3) is 0 Å². The van der Waals surface area contributed by atoms with Crippen LogP contribution in [0.25, 0.3) is 0 Å². The van der Waals surface area contributed by atoms with E-state index in [-0.39, 0.29) is 17.4 Å². The molecule has 0 aromatic heterocycles. The smallest absolute Gasteiger partial charge is 0.336 e. The average Bonchev–Trinajstić information content (AvgIpc) is 3.06. The molecule has 1 aromatic rings. The number of carboxylic acids is 1. The fraction of sp³-hybridized carbons (Fsp3) is 0.474. The molecule has 2 aliphatic rings. The van der Waals surface area contributed by atoms with Crippen molar-refractivity contribution in [2.24, 2.45) is 5.92 Å². The van der Waals surface area contributed by atoms with Gasteiger partial charge in [-0.15, -0.1) is 0 Å². The lowest BCUT2D eigenvalue weighted by atomic mass is 10.1. The molecule has 3 rings (SSSR count). The Bertz CT molecular complexity index is 665. The van der Waals surface area contributed by atoms with Gasteiger partial charge in [-0.05, 0) is 24.5 Å². The summed E-state index contributed by atoms with van der Waals surface area (Å²) in [7, 11) is 0. The summed E-state index contributed by atoms with van der Waals surface area (Å²) in [5.74, 6) is -0.833. The summed E-state index contributed by atoms with van der Waals surface area (Å²) in [6.07, 6.45) is 5.00. The predicted molar refractivity (Wildman–Crippen MR) is 93.1 cm³/mol. The minimum absolute atomic E-state index is 0.00601. The fourth-order valence-corrected chi connectivity index (χ4v) is 3.58. The molecule has 134 valence electrons. The normalized spacial score (nSPS) is 22.1. The van der Waals surface area contributed by atoms with Crippen LogP contribution in [-0.4, -0.2) is 64.2 Å². The molecule has 1 amide bonds. The Kier molecular flexibility index (Phi) is 5.50. The van der Waals surface area contributed by atoms with Gasteiger partial charge in [-0.3, -0.25) is 9.69 Å². The third kappa shape index (κ3) is 4.27. The lowest BCUT2D eigenvalue weighted by Crippen LogP contribution is -2.40. The number of aliphatic hydroxyl groups is 1. The molecule has 1 heterocycles. The van der Waals surface area contributed by atoms with Crippen LogP contribution in [0.5, 0.6) is 0 Å². The number of benzene rings is 1. The van der Waals surface area contributed by atoms with Gasteiger partial charge in [0.1, 0.15) is 0 Å². The van der Waals surface area contributed by atoms with Crippen molar-refractivity contribution in [3.05, 3.63) is 47.5 Å². The highest BCUT2D eigenvalue weighted by Gasteiger charge is 2.29. The molecule has 25 heavy (non-hydrogen) atoms. The van der Waals surface area contributed by atoms with Crippen LogP contribution in [0.15, 0.2) is 36.4 Å². The van der Waals surface area contributed by atoms with E-state index in [2.05, 4.69) is 0 Å². The van der Waals surface area contributed by atoms with Gasteiger partial charge in [0.05, 0.1) is 11.7 Å². The van der Waals surface area contributed by atoms with Crippen molar-refractivity contribution in [1.82, 2.24) is 9.80 Å². The molecule has 0 radical (unpaired) electrons. The summed E-state index contributed by atoms with van der Waals surface area (Å²) in [4.78, 5) is 27.7. The lowest BCUT2D eigenvalue weighted by molar-refractivity contribution is -0.136. The van der Waals surface area contributed by atoms with Crippen LogP contribution in [0.4, 0.5) is 0 Å². The Morgan fingerprint density at radius 1 is 1.08 bits per heavy atom. The van der Waals surface area contributed by atoms with Crippen LogP contribution in [-0.2, 0) is 11.3 Å². The third-order valence-corrected chi connectivity index (χ3v) is 4.90. The molecule has 1 fully saturated rings. The van der Waals surface area contributed by atoms with Crippen molar-refractivity contribution in [2.75, 3.05) is 26.2 Å². The van der Waals surface area contributed by atoms with Crippen LogP contribution in [0.2, 0.25) is 0 Å². The maximum absolute atomic E-state index is 12.6. The second-order valence-corrected chi connectivity index (χ2v) is 6.78. The number of allylic oxidation sites excluding steroid dienone is 2. The van der Waals surface area contributed by atoms with Crippen molar-refractivity contribution in [1.29, 1.82) is 0 Å². The van der Waals surface area contributed by atoms with E-state index in [0.717, 1.165) is 18.4 Å². The number of aromatic carboxylic acids is 1. The Morgan fingerprint density at radius 2 is 1.80 bits per heavy atom. The van der Waals surface area contributed by atoms with Gasteiger partial charge in [-0.2, -0.15) is 0 Å². The van der Waals surface area contributed by atoms with Gasteiger partial charge in [0.2, 0.25) is 5.91 Å². The molecule has 1 saturated heterocycles. The summed E-state index contributed by atoms with van der Waals surface area (Å²) in [6.45, 7) is 2.40. The van der Waals surface area contributed by atoms with Gasteiger partial charge < -0.3 is 15.1 Å². The van der Waals surface area contributed by atoms with E-state index >= 15 is 0 Å². The van der Waals surface area contributed by atoms with Crippen molar-refractivity contribution in [3.63, 3.8) is 0 Å². The number of nitrogens with zero attached hydrogens (tertiary/aromatic N) is 2. The molecule has 6 nitrogen and oxygen atoms in total. The number of aliphatic hydroxyl groups excluding tert-OH is 1. The zero-order chi connectivity index (χ0) is 17.8. The van der Waals surface area contributed by atoms with Crippen LogP contribution >= 0.6 is 0 Å². The largest absolute Gasteiger partial charge is 0.478 e. The Balaban J connectivity index is 1.65. The number of hydrogen-bond acceptors (Lipinski definition) is 4. The van der Waals surface area contributed by atoms with Gasteiger partial charge >= 0.3 is 5.97 Å². The van der Waals surface area contributed by atoms with E-state index in [1.54, 1.807) is 23.1 Å². The van der Waals surface area contributed by atoms with E-state index in [1.807, 2.05) is 23.1 Å². The molecule has 0 saturated carbocycles. The monoisotopic (exact) mass is 344 g/mol. The number of carbonyl (C=O) groups excluding carboxylic acids is 1. The maximum atomic E-state index is 12.6. The first-order chi connectivity index (χ1) is 12.0. The Hall–Kier alpha value is -2.18. The van der Waals surface area contributed by atoms with E-state index < -0.39 is 12.1 Å². The van der Waals surface area contributed by atoms with E-state index in [1.165, 1.54) is 0 Å². The number of β-amino-alcohol motifs (C(OH)–C–C–N with tert-alkyl or cyclic N) is 1. The Morgan fingerprint density at radius 3 is 2.52 bits per heavy atom. The van der Waals surface area contributed by atoms with Gasteiger partial charge in [0.15, 0.2) is 0 Å². The Labute approximate surface area is 147 Å². The molecule has 1 aliphatic heterocycles. The number of rotatable bonds is 4. The van der Waals surface area contributed by atoms with E-state index in [4.69, 9.17) is 0 Å². The molecule has 1 atom stereocenters. The van der Waals surface area contributed by atoms with Crippen LogP contribution < -0.4 is 0 Å². The van der Waals surface area contributed by atoms with Crippen LogP contribution in [0, 0.1) is 5.92 Å². The molecule has 0 unspecified atom stereocenters. The fourth-order valence-electron chi connectivity index (χ4n) is 3.58. The molecule has 1 aromatic carbocycles. The first-order valence-corrected chi connectivity index (χ1v) is 8.70. The predicted octanol–water partition coefficient (Wildman–Crippen LogP) is 1.36. The number of hydrogen-bond donors (Lipinski definition) is 2. The van der Waals surface area contributed by atoms with Crippen LogP contribution in [0.1, 0.15) is 28.8 Å². The highest BCUT2D eigenvalue weighted by atomic mass is 16.4. The molecule has 1 aliphatic carbocycles. The molecule has 2 N–H and O–H groups in total. The number of amides is 1. The molecular weight excluding hydrogens is 320 g/mol. The minimum Gasteiger partial charge on any atom is -0.478 e. The third-order valence-electron chi connectivity index (χ3n) is 4.90. The lowest BCUT2D eigenvalue weighted by Gasteiger charge is -2.25. The highest BCUT2D eigenvalue weighted by Crippen LogP contribution is 2.21. The second-order valence-electron chi connectivity index (χ2n) is 6.78. The average molecular weight is 344 g/mol. The van der Waals surface area contributed by atoms with Crippen LogP contribution in [0.3, 0.4) is 0 Å². The number of carboxylic acid groups (broad SMARTS) is 1. The van der Waals surface area contributed by atoms with Crippen molar-refractivity contribution in [2.45, 2.75) is 25.5 Å². The van der Waals surface area contributed by atoms with Crippen molar-refractivity contribution < 1.29 is 19.8 Å². The highest BCUT2D eigenvalue weighted by molar-refractivity contribution is 5.89.